The fraction of sp³-hybridized carbons (Fsp3) is 0.200. The molecule has 78 valence electrons. The number of halogens is 1. The lowest BCUT2D eigenvalue weighted by Gasteiger charge is -2.12. The summed E-state index contributed by atoms with van der Waals surface area (Å²) in [6.45, 7) is 2.08. The molecule has 0 fully saturated rings. The molecule has 0 spiro atoms. The molecule has 2 aromatic rings. The zero-order chi connectivity index (χ0) is 10.7. The monoisotopic (exact) mass is 283 g/mol. The van der Waals surface area contributed by atoms with Gasteiger partial charge in [0.05, 0.1) is 29.1 Å². The number of nitrogens with zero attached hydrogens (tertiary/aromatic N) is 2. The minimum absolute atomic E-state index is 0.201. The molecule has 0 radical (unpaired) electrons. The van der Waals surface area contributed by atoms with E-state index in [2.05, 4.69) is 38.1 Å². The molecule has 0 saturated heterocycles. The number of nitrogens with one attached hydrogen (secondary N) is 1. The minimum Gasteiger partial charge on any atom is -0.376 e. The van der Waals surface area contributed by atoms with E-state index < -0.39 is 0 Å². The van der Waals surface area contributed by atoms with Crippen molar-refractivity contribution in [2.45, 2.75) is 13.0 Å². The fourth-order valence-electron chi connectivity index (χ4n) is 1.25. The molecule has 0 amide bonds. The van der Waals surface area contributed by atoms with Crippen molar-refractivity contribution in [1.82, 2.24) is 9.97 Å². The summed E-state index contributed by atoms with van der Waals surface area (Å²) in [7, 11) is 0. The zero-order valence-corrected chi connectivity index (χ0v) is 10.5. The molecule has 2 heterocycles. The smallest absolute Gasteiger partial charge is 0.0795 e. The van der Waals surface area contributed by atoms with Crippen LogP contribution in [0.1, 0.15) is 18.7 Å². The van der Waals surface area contributed by atoms with Crippen LogP contribution in [0.2, 0.25) is 0 Å². The summed E-state index contributed by atoms with van der Waals surface area (Å²) in [5.41, 5.74) is 3.89. The van der Waals surface area contributed by atoms with Crippen molar-refractivity contribution in [1.29, 1.82) is 0 Å². The number of hydrogen-bond acceptors (Lipinski definition) is 4. The van der Waals surface area contributed by atoms with Gasteiger partial charge < -0.3 is 5.32 Å². The van der Waals surface area contributed by atoms with Gasteiger partial charge in [-0.1, -0.05) is 0 Å². The highest BCUT2D eigenvalue weighted by Crippen LogP contribution is 2.20. The third-order valence-electron chi connectivity index (χ3n) is 1.98. The van der Waals surface area contributed by atoms with E-state index in [0.717, 1.165) is 15.9 Å². The van der Waals surface area contributed by atoms with E-state index in [1.54, 1.807) is 23.7 Å². The third-order valence-corrected chi connectivity index (χ3v) is 3.02. The van der Waals surface area contributed by atoms with Gasteiger partial charge in [0, 0.05) is 16.0 Å². The quantitative estimate of drug-likeness (QED) is 0.937. The van der Waals surface area contributed by atoms with E-state index in [1.807, 2.05) is 17.0 Å². The van der Waals surface area contributed by atoms with Crippen molar-refractivity contribution >= 4 is 33.0 Å². The van der Waals surface area contributed by atoms with Crippen LogP contribution >= 0.6 is 27.3 Å². The minimum atomic E-state index is 0.201. The normalized spacial score (nSPS) is 12.4. The van der Waals surface area contributed by atoms with Crippen LogP contribution in [0.15, 0.2) is 33.8 Å². The van der Waals surface area contributed by atoms with Gasteiger partial charge in [0.15, 0.2) is 0 Å². The predicted molar refractivity (Wildman–Crippen MR) is 66.1 cm³/mol. The largest absolute Gasteiger partial charge is 0.376 e. The lowest BCUT2D eigenvalue weighted by atomic mass is 10.2. The average Bonchev–Trinajstić information content (AvgIpc) is 2.70. The van der Waals surface area contributed by atoms with Crippen LogP contribution in [0.25, 0.3) is 0 Å². The second-order valence-corrected chi connectivity index (χ2v) is 4.81. The number of pyridine rings is 1. The number of aromatic nitrogens is 2. The van der Waals surface area contributed by atoms with Gasteiger partial charge >= 0.3 is 0 Å². The summed E-state index contributed by atoms with van der Waals surface area (Å²) >= 11 is 4.99. The Balaban J connectivity index is 2.09. The van der Waals surface area contributed by atoms with Crippen molar-refractivity contribution in [2.24, 2.45) is 0 Å². The van der Waals surface area contributed by atoms with Gasteiger partial charge in [-0.15, -0.1) is 11.3 Å². The van der Waals surface area contributed by atoms with Crippen LogP contribution in [-0.2, 0) is 0 Å². The lowest BCUT2D eigenvalue weighted by molar-refractivity contribution is 0.848. The molecule has 15 heavy (non-hydrogen) atoms. The van der Waals surface area contributed by atoms with E-state index in [0.29, 0.717) is 0 Å². The topological polar surface area (TPSA) is 37.8 Å². The molecule has 0 bridgehead atoms. The maximum atomic E-state index is 4.26. The molecule has 2 rings (SSSR count). The number of anilines is 1. The summed E-state index contributed by atoms with van der Waals surface area (Å²) in [6, 6.07) is 2.20. The van der Waals surface area contributed by atoms with Crippen LogP contribution in [0.5, 0.6) is 0 Å². The first-order chi connectivity index (χ1) is 7.25. The molecule has 1 unspecified atom stereocenters. The maximum Gasteiger partial charge on any atom is 0.0795 e. The van der Waals surface area contributed by atoms with Crippen LogP contribution in [0.4, 0.5) is 5.69 Å². The van der Waals surface area contributed by atoms with Crippen molar-refractivity contribution in [2.75, 3.05) is 5.32 Å². The Bertz CT molecular complexity index is 430. The fourth-order valence-corrected chi connectivity index (χ4v) is 2.26. The number of thiazole rings is 1. The molecule has 0 aromatic carbocycles. The maximum absolute atomic E-state index is 4.26. The summed E-state index contributed by atoms with van der Waals surface area (Å²) in [5, 5.41) is 5.38. The number of rotatable bonds is 3. The Morgan fingerprint density at radius 3 is 3.00 bits per heavy atom. The van der Waals surface area contributed by atoms with E-state index in [9.17, 15) is 0 Å². The van der Waals surface area contributed by atoms with Gasteiger partial charge in [-0.3, -0.25) is 4.98 Å². The van der Waals surface area contributed by atoms with Gasteiger partial charge in [0.1, 0.15) is 0 Å². The molecule has 0 aliphatic heterocycles. The molecule has 5 heteroatoms. The predicted octanol–water partition coefficient (Wildman–Crippen LogP) is 3.47. The molecule has 2 aromatic heterocycles. The van der Waals surface area contributed by atoms with Crippen molar-refractivity contribution in [3.63, 3.8) is 0 Å². The van der Waals surface area contributed by atoms with Crippen molar-refractivity contribution in [3.05, 3.63) is 39.5 Å². The summed E-state index contributed by atoms with van der Waals surface area (Å²) in [4.78, 5) is 8.35. The molecule has 0 saturated carbocycles. The van der Waals surface area contributed by atoms with Gasteiger partial charge in [0.25, 0.3) is 0 Å². The third kappa shape index (κ3) is 2.76. The molecule has 0 aliphatic carbocycles. The second-order valence-electron chi connectivity index (χ2n) is 3.17. The Hall–Kier alpha value is -0.940. The Labute approximate surface area is 101 Å². The van der Waals surface area contributed by atoms with E-state index in [1.165, 1.54) is 0 Å². The van der Waals surface area contributed by atoms with Crippen LogP contribution in [0, 0.1) is 0 Å². The van der Waals surface area contributed by atoms with Crippen LogP contribution < -0.4 is 5.32 Å². The Morgan fingerprint density at radius 1 is 1.47 bits per heavy atom. The Kier molecular flexibility index (Phi) is 3.33. The second kappa shape index (κ2) is 4.72. The summed E-state index contributed by atoms with van der Waals surface area (Å²) in [5.74, 6) is 0. The van der Waals surface area contributed by atoms with Gasteiger partial charge in [-0.05, 0) is 28.9 Å². The molecule has 3 nitrogen and oxygen atoms in total. The number of hydrogen-bond donors (Lipinski definition) is 1. The van der Waals surface area contributed by atoms with E-state index in [-0.39, 0.29) is 6.04 Å². The first-order valence-electron chi connectivity index (χ1n) is 4.51. The average molecular weight is 284 g/mol. The van der Waals surface area contributed by atoms with Gasteiger partial charge in [-0.25, -0.2) is 4.98 Å². The zero-order valence-electron chi connectivity index (χ0n) is 8.14. The molecular formula is C10H10BrN3S. The van der Waals surface area contributed by atoms with Crippen molar-refractivity contribution in [3.8, 4) is 0 Å². The van der Waals surface area contributed by atoms with E-state index in [4.69, 9.17) is 0 Å². The van der Waals surface area contributed by atoms with Crippen molar-refractivity contribution < 1.29 is 0 Å². The SMILES string of the molecule is CC(Nc1cncc(Br)c1)c1cscn1. The molecule has 1 atom stereocenters. The van der Waals surface area contributed by atoms with Gasteiger partial charge in [0.2, 0.25) is 0 Å². The Morgan fingerprint density at radius 2 is 2.33 bits per heavy atom. The molecule has 0 aliphatic rings. The summed E-state index contributed by atoms with van der Waals surface area (Å²) < 4.78 is 0.970. The highest BCUT2D eigenvalue weighted by atomic mass is 79.9. The van der Waals surface area contributed by atoms with Crippen LogP contribution in [0.3, 0.4) is 0 Å². The first kappa shape index (κ1) is 10.6. The molecule has 1 N–H and O–H groups in total. The summed E-state index contributed by atoms with van der Waals surface area (Å²) in [6.07, 6.45) is 3.56. The van der Waals surface area contributed by atoms with Crippen LogP contribution in [-0.4, -0.2) is 9.97 Å². The van der Waals surface area contributed by atoms with E-state index >= 15 is 0 Å². The highest BCUT2D eigenvalue weighted by Gasteiger charge is 2.06. The lowest BCUT2D eigenvalue weighted by Crippen LogP contribution is -2.06. The highest BCUT2D eigenvalue weighted by molar-refractivity contribution is 9.10. The standard InChI is InChI=1S/C10H10BrN3S/c1-7(10-5-15-6-13-10)14-9-2-8(11)3-12-4-9/h2-7,14H,1H3. The van der Waals surface area contributed by atoms with Gasteiger partial charge in [-0.2, -0.15) is 0 Å². The molecular weight excluding hydrogens is 274 g/mol. The first-order valence-corrected chi connectivity index (χ1v) is 6.24.